The van der Waals surface area contributed by atoms with Gasteiger partial charge < -0.3 is 5.32 Å². The number of nitrogens with one attached hydrogen (secondary N) is 1. The standard InChI is InChI=1S/C24H20ClFN2O3S/c25-22-10-5-11-23(26)21(22)16-32-13-12-27-24(29)20(18-7-2-1-3-8-18)15-17-6-4-9-19(14-17)28(30)31/h1-11,14-15H,12-13,16H2,(H,27,29). The highest BCUT2D eigenvalue weighted by Gasteiger charge is 2.13. The third kappa shape index (κ3) is 6.42. The Balaban J connectivity index is 1.67. The van der Waals surface area contributed by atoms with Gasteiger partial charge in [0.1, 0.15) is 5.82 Å². The topological polar surface area (TPSA) is 72.2 Å². The fraction of sp³-hybridized carbons (Fsp3) is 0.125. The van der Waals surface area contributed by atoms with E-state index in [1.54, 1.807) is 42.5 Å². The summed E-state index contributed by atoms with van der Waals surface area (Å²) in [6.07, 6.45) is 1.63. The van der Waals surface area contributed by atoms with Gasteiger partial charge in [-0.05, 0) is 29.3 Å². The molecule has 0 radical (unpaired) electrons. The second kappa shape index (κ2) is 11.5. The molecule has 0 fully saturated rings. The molecule has 0 unspecified atom stereocenters. The lowest BCUT2D eigenvalue weighted by atomic mass is 10.0. The van der Waals surface area contributed by atoms with Crippen molar-refractivity contribution in [3.05, 3.63) is 110 Å². The second-order valence-electron chi connectivity index (χ2n) is 6.78. The molecule has 0 aliphatic heterocycles. The van der Waals surface area contributed by atoms with Crippen LogP contribution in [0.25, 0.3) is 11.6 Å². The summed E-state index contributed by atoms with van der Waals surface area (Å²) >= 11 is 7.50. The van der Waals surface area contributed by atoms with Crippen LogP contribution in [-0.4, -0.2) is 23.1 Å². The summed E-state index contributed by atoms with van der Waals surface area (Å²) in [5.74, 6) is 0.318. The molecule has 5 nitrogen and oxygen atoms in total. The predicted octanol–water partition coefficient (Wildman–Crippen LogP) is 5.98. The van der Waals surface area contributed by atoms with Crippen LogP contribution in [0, 0.1) is 15.9 Å². The zero-order valence-corrected chi connectivity index (χ0v) is 18.5. The summed E-state index contributed by atoms with van der Waals surface area (Å²) in [6, 6.07) is 19.8. The van der Waals surface area contributed by atoms with Crippen molar-refractivity contribution in [3.8, 4) is 0 Å². The van der Waals surface area contributed by atoms with E-state index in [4.69, 9.17) is 11.6 Å². The lowest BCUT2D eigenvalue weighted by molar-refractivity contribution is -0.384. The molecule has 3 aromatic rings. The number of carbonyl (C=O) groups excluding carboxylic acids is 1. The third-order valence-corrected chi connectivity index (χ3v) is 5.90. The first kappa shape index (κ1) is 23.5. The van der Waals surface area contributed by atoms with E-state index in [0.29, 0.717) is 45.3 Å². The van der Waals surface area contributed by atoms with Gasteiger partial charge in [0.15, 0.2) is 0 Å². The van der Waals surface area contributed by atoms with E-state index < -0.39 is 4.92 Å². The number of nitro benzene ring substituents is 1. The molecule has 1 N–H and O–H groups in total. The average molecular weight is 471 g/mol. The van der Waals surface area contributed by atoms with Gasteiger partial charge in [-0.15, -0.1) is 0 Å². The fourth-order valence-electron chi connectivity index (χ4n) is 2.97. The van der Waals surface area contributed by atoms with Crippen LogP contribution >= 0.6 is 23.4 Å². The number of amides is 1. The van der Waals surface area contributed by atoms with E-state index in [-0.39, 0.29) is 17.4 Å². The van der Waals surface area contributed by atoms with Crippen LogP contribution in [0.5, 0.6) is 0 Å². The van der Waals surface area contributed by atoms with E-state index in [1.807, 2.05) is 18.2 Å². The summed E-state index contributed by atoms with van der Waals surface area (Å²) in [6.45, 7) is 0.370. The molecule has 0 atom stereocenters. The Labute approximate surface area is 194 Å². The number of hydrogen-bond acceptors (Lipinski definition) is 4. The van der Waals surface area contributed by atoms with Gasteiger partial charge in [0, 0.05) is 46.3 Å². The highest BCUT2D eigenvalue weighted by atomic mass is 35.5. The Morgan fingerprint density at radius 3 is 2.56 bits per heavy atom. The highest BCUT2D eigenvalue weighted by molar-refractivity contribution is 7.98. The Hall–Kier alpha value is -3.16. The molecule has 0 saturated heterocycles. The molecule has 3 aromatic carbocycles. The quantitative estimate of drug-likeness (QED) is 0.137. The molecule has 8 heteroatoms. The minimum Gasteiger partial charge on any atom is -0.351 e. The fourth-order valence-corrected chi connectivity index (χ4v) is 4.17. The molecule has 0 aromatic heterocycles. The highest BCUT2D eigenvalue weighted by Crippen LogP contribution is 2.24. The number of thioether (sulfide) groups is 1. The van der Waals surface area contributed by atoms with Crippen molar-refractivity contribution in [2.45, 2.75) is 5.75 Å². The predicted molar refractivity (Wildman–Crippen MR) is 128 cm³/mol. The summed E-state index contributed by atoms with van der Waals surface area (Å²) in [7, 11) is 0. The Bertz CT molecular complexity index is 1120. The van der Waals surface area contributed by atoms with Crippen LogP contribution < -0.4 is 5.32 Å². The molecular weight excluding hydrogens is 451 g/mol. The van der Waals surface area contributed by atoms with Gasteiger partial charge in [0.25, 0.3) is 11.6 Å². The maximum absolute atomic E-state index is 13.8. The summed E-state index contributed by atoms with van der Waals surface area (Å²) in [5.41, 5.74) is 2.04. The number of hydrogen-bond donors (Lipinski definition) is 1. The van der Waals surface area contributed by atoms with E-state index in [9.17, 15) is 19.3 Å². The molecular formula is C24H20ClFN2O3S. The van der Waals surface area contributed by atoms with Gasteiger partial charge in [-0.25, -0.2) is 4.39 Å². The lowest BCUT2D eigenvalue weighted by Gasteiger charge is -2.10. The minimum absolute atomic E-state index is 0.0465. The van der Waals surface area contributed by atoms with E-state index in [0.717, 1.165) is 0 Å². The van der Waals surface area contributed by atoms with Crippen LogP contribution in [0.3, 0.4) is 0 Å². The zero-order chi connectivity index (χ0) is 22.9. The van der Waals surface area contributed by atoms with Crippen LogP contribution in [0.1, 0.15) is 16.7 Å². The van der Waals surface area contributed by atoms with Crippen LogP contribution in [-0.2, 0) is 10.5 Å². The van der Waals surface area contributed by atoms with E-state index in [1.165, 1.54) is 30.0 Å². The number of rotatable bonds is 9. The van der Waals surface area contributed by atoms with Crippen molar-refractivity contribution in [3.63, 3.8) is 0 Å². The first-order valence-electron chi connectivity index (χ1n) is 9.76. The molecule has 0 heterocycles. The molecule has 1 amide bonds. The molecule has 0 aliphatic carbocycles. The Morgan fingerprint density at radius 2 is 1.84 bits per heavy atom. The first-order chi connectivity index (χ1) is 15.5. The Morgan fingerprint density at radius 1 is 1.09 bits per heavy atom. The van der Waals surface area contributed by atoms with Gasteiger partial charge in [0.05, 0.1) is 4.92 Å². The number of non-ortho nitro benzene ring substituents is 1. The molecule has 164 valence electrons. The molecule has 0 bridgehead atoms. The average Bonchev–Trinajstić information content (AvgIpc) is 2.79. The van der Waals surface area contributed by atoms with Crippen molar-refractivity contribution in [2.75, 3.05) is 12.3 Å². The van der Waals surface area contributed by atoms with Crippen molar-refractivity contribution in [1.82, 2.24) is 5.32 Å². The molecule has 0 saturated carbocycles. The molecule has 32 heavy (non-hydrogen) atoms. The largest absolute Gasteiger partial charge is 0.351 e. The summed E-state index contributed by atoms with van der Waals surface area (Å²) < 4.78 is 13.8. The lowest BCUT2D eigenvalue weighted by Crippen LogP contribution is -2.26. The van der Waals surface area contributed by atoms with Gasteiger partial charge in [-0.2, -0.15) is 11.8 Å². The van der Waals surface area contributed by atoms with Gasteiger partial charge >= 0.3 is 0 Å². The number of nitro groups is 1. The van der Waals surface area contributed by atoms with Crippen molar-refractivity contribution < 1.29 is 14.1 Å². The smallest absolute Gasteiger partial charge is 0.270 e. The van der Waals surface area contributed by atoms with Crippen LogP contribution in [0.4, 0.5) is 10.1 Å². The minimum atomic E-state index is -0.474. The SMILES string of the molecule is O=C(NCCSCc1c(F)cccc1Cl)C(=Cc1cccc([N+](=O)[O-])c1)c1ccccc1. The Kier molecular flexibility index (Phi) is 8.41. The maximum atomic E-state index is 13.8. The van der Waals surface area contributed by atoms with Crippen molar-refractivity contribution >= 4 is 46.6 Å². The van der Waals surface area contributed by atoms with Gasteiger partial charge in [-0.1, -0.05) is 60.1 Å². The molecule has 0 spiro atoms. The number of benzene rings is 3. The first-order valence-corrected chi connectivity index (χ1v) is 11.3. The van der Waals surface area contributed by atoms with Crippen molar-refractivity contribution in [1.29, 1.82) is 0 Å². The zero-order valence-electron chi connectivity index (χ0n) is 17.0. The monoisotopic (exact) mass is 470 g/mol. The summed E-state index contributed by atoms with van der Waals surface area (Å²) in [4.78, 5) is 23.5. The normalized spacial score (nSPS) is 11.2. The number of carbonyl (C=O) groups is 1. The third-order valence-electron chi connectivity index (χ3n) is 4.56. The van der Waals surface area contributed by atoms with Crippen molar-refractivity contribution in [2.24, 2.45) is 0 Å². The van der Waals surface area contributed by atoms with E-state index in [2.05, 4.69) is 5.32 Å². The number of nitrogens with zero attached hydrogens (tertiary/aromatic N) is 1. The van der Waals surface area contributed by atoms with Gasteiger partial charge in [-0.3, -0.25) is 14.9 Å². The van der Waals surface area contributed by atoms with E-state index >= 15 is 0 Å². The number of halogens is 2. The second-order valence-corrected chi connectivity index (χ2v) is 8.30. The van der Waals surface area contributed by atoms with Gasteiger partial charge in [0.2, 0.25) is 0 Å². The summed E-state index contributed by atoms with van der Waals surface area (Å²) in [5, 5.41) is 14.3. The molecule has 0 aliphatic rings. The maximum Gasteiger partial charge on any atom is 0.270 e. The molecule has 3 rings (SSSR count). The van der Waals surface area contributed by atoms with Crippen LogP contribution in [0.15, 0.2) is 72.8 Å². The van der Waals surface area contributed by atoms with Crippen LogP contribution in [0.2, 0.25) is 5.02 Å².